The van der Waals surface area contributed by atoms with E-state index in [1.165, 1.54) is 11.8 Å². The van der Waals surface area contributed by atoms with Crippen molar-refractivity contribution in [2.75, 3.05) is 24.2 Å². The van der Waals surface area contributed by atoms with Crippen LogP contribution in [0, 0.1) is 6.92 Å². The van der Waals surface area contributed by atoms with Crippen LogP contribution in [0.2, 0.25) is 0 Å². The van der Waals surface area contributed by atoms with Gasteiger partial charge in [0, 0.05) is 18.4 Å². The number of carbonyl (C=O) groups is 1. The maximum absolute atomic E-state index is 14.5. The fraction of sp³-hybridized carbons (Fsp3) is 0.588. The third kappa shape index (κ3) is 3.87. The Morgan fingerprint density at radius 2 is 2.15 bits per heavy atom. The zero-order valence-electron chi connectivity index (χ0n) is 15.6. The molecule has 142 valence electrons. The molecule has 2 atom stereocenters. The predicted octanol–water partition coefficient (Wildman–Crippen LogP) is 2.81. The third-order valence-corrected chi connectivity index (χ3v) is 4.76. The molecule has 1 aliphatic heterocycles. The Morgan fingerprint density at radius 1 is 1.42 bits per heavy atom. The topological polar surface area (TPSA) is 71.8 Å². The molecule has 0 radical (unpaired) electrons. The summed E-state index contributed by atoms with van der Waals surface area (Å²) in [5, 5.41) is 3.41. The molecule has 1 aliphatic rings. The van der Waals surface area contributed by atoms with E-state index in [0.717, 1.165) is 16.4 Å². The molecule has 0 bridgehead atoms. The maximum Gasteiger partial charge on any atom is 0.408 e. The molecule has 2 aromatic rings. The Morgan fingerprint density at radius 3 is 2.81 bits per heavy atom. The molecule has 0 aromatic carbocycles. The first-order chi connectivity index (χ1) is 12.2. The van der Waals surface area contributed by atoms with Crippen LogP contribution in [-0.4, -0.2) is 57.6 Å². The van der Waals surface area contributed by atoms with Crippen LogP contribution in [0.3, 0.4) is 0 Å². The van der Waals surface area contributed by atoms with Gasteiger partial charge in [0.15, 0.2) is 5.65 Å². The minimum atomic E-state index is -1.19. The number of nitrogens with zero attached hydrogens (tertiary/aromatic N) is 4. The Labute approximate surface area is 156 Å². The van der Waals surface area contributed by atoms with Gasteiger partial charge < -0.3 is 15.0 Å². The van der Waals surface area contributed by atoms with Crippen LogP contribution >= 0.6 is 11.8 Å². The van der Waals surface area contributed by atoms with Crippen LogP contribution in [0.5, 0.6) is 0 Å². The predicted molar refractivity (Wildman–Crippen MR) is 99.8 cm³/mol. The first-order valence-corrected chi connectivity index (χ1v) is 9.67. The highest BCUT2D eigenvalue weighted by atomic mass is 32.2. The van der Waals surface area contributed by atoms with E-state index in [-0.39, 0.29) is 6.54 Å². The van der Waals surface area contributed by atoms with Crippen LogP contribution in [0.4, 0.5) is 15.0 Å². The van der Waals surface area contributed by atoms with Gasteiger partial charge in [0.1, 0.15) is 22.6 Å². The molecule has 1 saturated heterocycles. The highest BCUT2D eigenvalue weighted by Gasteiger charge is 2.36. The standard InChI is InChI=1S/C17H24FN5O2S/c1-10-6-19-14-15(26-5)21-13(9-23(10)14)22-7-11(18)12(8-22)20-16(24)25-17(2,3)4/h6,9,11-12H,7-8H2,1-5H3,(H,20,24)/t11-,12-/m1/s1. The largest absolute Gasteiger partial charge is 0.444 e. The van der Waals surface area contributed by atoms with Crippen molar-refractivity contribution in [2.45, 2.75) is 50.5 Å². The number of alkyl halides is 1. The lowest BCUT2D eigenvalue weighted by Gasteiger charge is -2.22. The summed E-state index contributed by atoms with van der Waals surface area (Å²) in [4.78, 5) is 22.8. The second-order valence-electron chi connectivity index (χ2n) is 7.38. The lowest BCUT2D eigenvalue weighted by Crippen LogP contribution is -2.44. The molecular weight excluding hydrogens is 357 g/mol. The van der Waals surface area contributed by atoms with E-state index in [4.69, 9.17) is 4.74 Å². The highest BCUT2D eigenvalue weighted by molar-refractivity contribution is 7.98. The van der Waals surface area contributed by atoms with Crippen LogP contribution in [0.15, 0.2) is 17.4 Å². The number of ether oxygens (including phenoxy) is 1. The Bertz CT molecular complexity index is 819. The van der Waals surface area contributed by atoms with Crippen molar-refractivity contribution in [1.29, 1.82) is 0 Å². The molecule has 3 rings (SSSR count). The highest BCUT2D eigenvalue weighted by Crippen LogP contribution is 2.26. The Hall–Kier alpha value is -2.03. The smallest absolute Gasteiger partial charge is 0.408 e. The van der Waals surface area contributed by atoms with Gasteiger partial charge in [-0.25, -0.2) is 19.2 Å². The molecule has 1 fully saturated rings. The number of carbonyl (C=O) groups excluding carboxylic acids is 1. The lowest BCUT2D eigenvalue weighted by atomic mass is 10.2. The SMILES string of the molecule is CSc1nc(N2C[C@@H](F)[C@H](NC(=O)OC(C)(C)C)C2)cn2c(C)cnc12. The number of amides is 1. The quantitative estimate of drug-likeness (QED) is 0.825. The summed E-state index contributed by atoms with van der Waals surface area (Å²) in [6.45, 7) is 7.79. The van der Waals surface area contributed by atoms with E-state index >= 15 is 0 Å². The van der Waals surface area contributed by atoms with Crippen LogP contribution in [0.1, 0.15) is 26.5 Å². The Kier molecular flexibility index (Phi) is 5.01. The monoisotopic (exact) mass is 381 g/mol. The number of halogens is 1. The summed E-state index contributed by atoms with van der Waals surface area (Å²) in [5.74, 6) is 0.666. The molecule has 3 heterocycles. The van der Waals surface area contributed by atoms with Crippen LogP contribution in [-0.2, 0) is 4.74 Å². The van der Waals surface area contributed by atoms with Gasteiger partial charge in [-0.1, -0.05) is 0 Å². The second kappa shape index (κ2) is 6.94. The van der Waals surface area contributed by atoms with Crippen molar-refractivity contribution in [1.82, 2.24) is 19.7 Å². The van der Waals surface area contributed by atoms with Crippen molar-refractivity contribution < 1.29 is 13.9 Å². The minimum Gasteiger partial charge on any atom is -0.444 e. The number of thioether (sulfide) groups is 1. The average Bonchev–Trinajstić information content (AvgIpc) is 3.08. The molecular formula is C17H24FN5O2S. The lowest BCUT2D eigenvalue weighted by molar-refractivity contribution is 0.0490. The fourth-order valence-electron chi connectivity index (χ4n) is 2.90. The number of hydrogen-bond donors (Lipinski definition) is 1. The molecule has 0 unspecified atom stereocenters. The van der Waals surface area contributed by atoms with Crippen LogP contribution < -0.4 is 10.2 Å². The summed E-state index contributed by atoms with van der Waals surface area (Å²) in [7, 11) is 0. The van der Waals surface area contributed by atoms with Gasteiger partial charge in [-0.2, -0.15) is 0 Å². The molecule has 9 heteroatoms. The number of anilines is 1. The maximum atomic E-state index is 14.5. The number of aryl methyl sites for hydroxylation is 1. The van der Waals surface area contributed by atoms with Gasteiger partial charge in [0.2, 0.25) is 0 Å². The number of alkyl carbamates (subject to hydrolysis) is 1. The van der Waals surface area contributed by atoms with E-state index in [0.29, 0.717) is 12.4 Å². The van der Waals surface area contributed by atoms with Crippen molar-refractivity contribution in [2.24, 2.45) is 0 Å². The van der Waals surface area contributed by atoms with Gasteiger partial charge in [0.05, 0.1) is 18.8 Å². The number of aromatic nitrogens is 3. The molecule has 26 heavy (non-hydrogen) atoms. The third-order valence-electron chi connectivity index (χ3n) is 4.10. The molecule has 0 spiro atoms. The van der Waals surface area contributed by atoms with E-state index in [1.807, 2.05) is 28.7 Å². The molecule has 0 aliphatic carbocycles. The summed E-state index contributed by atoms with van der Waals surface area (Å²) in [5.41, 5.74) is 1.16. The van der Waals surface area contributed by atoms with Gasteiger partial charge in [-0.15, -0.1) is 11.8 Å². The molecule has 1 N–H and O–H groups in total. The average molecular weight is 381 g/mol. The fourth-order valence-corrected chi connectivity index (χ4v) is 3.42. The Balaban J connectivity index is 1.78. The number of nitrogens with one attached hydrogen (secondary N) is 1. The van der Waals surface area contributed by atoms with Gasteiger partial charge >= 0.3 is 6.09 Å². The van der Waals surface area contributed by atoms with Crippen molar-refractivity contribution in [3.8, 4) is 0 Å². The zero-order chi connectivity index (χ0) is 19.1. The van der Waals surface area contributed by atoms with Crippen LogP contribution in [0.25, 0.3) is 5.65 Å². The van der Waals surface area contributed by atoms with E-state index in [1.54, 1.807) is 27.0 Å². The van der Waals surface area contributed by atoms with Crippen molar-refractivity contribution in [3.05, 3.63) is 18.1 Å². The molecule has 7 nitrogen and oxygen atoms in total. The van der Waals surface area contributed by atoms with E-state index < -0.39 is 23.9 Å². The van der Waals surface area contributed by atoms with Gasteiger partial charge in [-0.3, -0.25) is 4.40 Å². The normalized spacial score (nSPS) is 20.6. The number of fused-ring (bicyclic) bond motifs is 1. The van der Waals surface area contributed by atoms with E-state index in [2.05, 4.69) is 15.3 Å². The van der Waals surface area contributed by atoms with E-state index in [9.17, 15) is 9.18 Å². The first kappa shape index (κ1) is 18.8. The number of imidazole rings is 1. The minimum absolute atomic E-state index is 0.167. The van der Waals surface area contributed by atoms with Crippen molar-refractivity contribution in [3.63, 3.8) is 0 Å². The molecule has 1 amide bonds. The molecule has 0 saturated carbocycles. The second-order valence-corrected chi connectivity index (χ2v) is 8.17. The molecule has 2 aromatic heterocycles. The summed E-state index contributed by atoms with van der Waals surface area (Å²) >= 11 is 1.50. The van der Waals surface area contributed by atoms with Gasteiger partial charge in [0.25, 0.3) is 0 Å². The van der Waals surface area contributed by atoms with Gasteiger partial charge in [-0.05, 0) is 34.0 Å². The zero-order valence-corrected chi connectivity index (χ0v) is 16.4. The summed E-state index contributed by atoms with van der Waals surface area (Å²) < 4.78 is 21.6. The number of hydrogen-bond acceptors (Lipinski definition) is 6. The summed E-state index contributed by atoms with van der Waals surface area (Å²) in [6.07, 6.45) is 3.78. The number of rotatable bonds is 3. The summed E-state index contributed by atoms with van der Waals surface area (Å²) in [6, 6.07) is -0.635. The van der Waals surface area contributed by atoms with Crippen molar-refractivity contribution >= 4 is 29.3 Å². The first-order valence-electron chi connectivity index (χ1n) is 8.45.